The zero-order chi connectivity index (χ0) is 25.0. The first-order valence-corrected chi connectivity index (χ1v) is 29.3. The van der Waals surface area contributed by atoms with Crippen LogP contribution in [0.1, 0.15) is 82.2 Å². The van der Waals surface area contributed by atoms with E-state index in [2.05, 4.69) is 103 Å². The molecule has 0 radical (unpaired) electrons. The molecular formula is C30H41Cl2SiZr. The Morgan fingerprint density at radius 1 is 0.735 bits per heavy atom. The Labute approximate surface area is 216 Å². The van der Waals surface area contributed by atoms with Gasteiger partial charge in [-0.1, -0.05) is 0 Å². The number of halogens is 2. The van der Waals surface area contributed by atoms with Crippen LogP contribution in [0, 0.1) is 11.8 Å². The zero-order valence-electron chi connectivity index (χ0n) is 22.2. The van der Waals surface area contributed by atoms with Crippen LogP contribution in [-0.4, -0.2) is 5.92 Å². The van der Waals surface area contributed by atoms with Crippen molar-refractivity contribution < 1.29 is 15.6 Å². The van der Waals surface area contributed by atoms with Crippen molar-refractivity contribution in [1.82, 2.24) is 0 Å². The number of allylic oxidation sites excluding steroid dienone is 2. The molecule has 2 unspecified atom stereocenters. The van der Waals surface area contributed by atoms with Gasteiger partial charge in [-0.2, -0.15) is 0 Å². The standard InChI is InChI=1S/2C14H17.C2H7Si.2ClH.Zr/c2*1-10(2)7-12-5-4-6-13-8-11(3)9-14(12)13;1-3-2;;;/h2*4-6,8-10H,7H2,1-3H3;3H,1-2H3;2*1H;/q;;;;;+2/p-2. The summed E-state index contributed by atoms with van der Waals surface area (Å²) in [5.74, 6) is -0.198. The number of hydrogen-bond acceptors (Lipinski definition) is 0. The SMILES string of the molecule is CC1=Cc2c(CC(C)C)cccc2[CH]1[Zr]([Cl])([Cl])([CH]1C(C)=Cc2c(CC(C)C)cccc21)[SiH](C)C. The van der Waals surface area contributed by atoms with Gasteiger partial charge in [0, 0.05) is 0 Å². The number of fused-ring (bicyclic) bond motifs is 2. The van der Waals surface area contributed by atoms with Crippen molar-refractivity contribution in [2.45, 2.75) is 74.7 Å². The Bertz CT molecular complexity index is 1090. The third kappa shape index (κ3) is 4.23. The van der Waals surface area contributed by atoms with Crippen LogP contribution in [0.25, 0.3) is 12.2 Å². The molecule has 2 aromatic carbocycles. The van der Waals surface area contributed by atoms with E-state index in [-0.39, 0.29) is 7.25 Å². The summed E-state index contributed by atoms with van der Waals surface area (Å²) in [5.41, 5.74) is 11.3. The van der Waals surface area contributed by atoms with Gasteiger partial charge in [-0.25, -0.2) is 0 Å². The monoisotopic (exact) mass is 589 g/mol. The molecule has 0 saturated carbocycles. The first kappa shape index (κ1) is 26.7. The molecule has 2 aromatic rings. The fourth-order valence-corrected chi connectivity index (χ4v) is 39.7. The van der Waals surface area contributed by atoms with Gasteiger partial charge in [0.2, 0.25) is 0 Å². The van der Waals surface area contributed by atoms with Gasteiger partial charge in [-0.3, -0.25) is 0 Å². The third-order valence-electron chi connectivity index (χ3n) is 8.20. The molecule has 34 heavy (non-hydrogen) atoms. The van der Waals surface area contributed by atoms with Crippen molar-refractivity contribution in [2.24, 2.45) is 11.8 Å². The molecular weight excluding hydrogens is 551 g/mol. The minimum absolute atomic E-state index is 0.201. The van der Waals surface area contributed by atoms with Crippen LogP contribution < -0.4 is 0 Å². The fourth-order valence-electron chi connectivity index (χ4n) is 6.77. The molecule has 2 aliphatic rings. The number of hydrogen-bond donors (Lipinski definition) is 0. The van der Waals surface area contributed by atoms with Crippen LogP contribution in [0.4, 0.5) is 0 Å². The summed E-state index contributed by atoms with van der Waals surface area (Å²) in [5, 5.41) is 0. The van der Waals surface area contributed by atoms with E-state index < -0.39 is 21.5 Å². The molecule has 0 saturated heterocycles. The molecule has 0 aromatic heterocycles. The topological polar surface area (TPSA) is 0 Å². The van der Waals surface area contributed by atoms with E-state index in [1.807, 2.05) is 0 Å². The molecule has 0 nitrogen and oxygen atoms in total. The number of rotatable bonds is 7. The maximum absolute atomic E-state index is 8.26. The van der Waals surface area contributed by atoms with Crippen LogP contribution in [-0.2, 0) is 28.4 Å². The Balaban J connectivity index is 1.92. The predicted molar refractivity (Wildman–Crippen MR) is 153 cm³/mol. The quantitative estimate of drug-likeness (QED) is 0.281. The predicted octanol–water partition coefficient (Wildman–Crippen LogP) is 9.68. The molecule has 0 heterocycles. The van der Waals surface area contributed by atoms with Gasteiger partial charge in [-0.05, 0) is 0 Å². The normalized spacial score (nSPS) is 20.9. The average molecular weight is 592 g/mol. The van der Waals surface area contributed by atoms with Crippen LogP contribution in [0.15, 0.2) is 47.5 Å². The summed E-state index contributed by atoms with van der Waals surface area (Å²) in [6, 6.07) is 13.8. The maximum atomic E-state index is 8.26. The van der Waals surface area contributed by atoms with Gasteiger partial charge in [0.05, 0.1) is 0 Å². The van der Waals surface area contributed by atoms with Crippen LogP contribution in [0.2, 0.25) is 13.1 Å². The second-order valence-corrected chi connectivity index (χ2v) is 54.6. The van der Waals surface area contributed by atoms with E-state index in [1.54, 1.807) is 0 Å². The molecule has 0 fully saturated rings. The Kier molecular flexibility index (Phi) is 7.43. The third-order valence-corrected chi connectivity index (χ3v) is 60.5. The van der Waals surface area contributed by atoms with E-state index in [1.165, 1.54) is 44.5 Å². The van der Waals surface area contributed by atoms with E-state index in [9.17, 15) is 0 Å². The minimum atomic E-state index is -4.48. The number of benzene rings is 2. The summed E-state index contributed by atoms with van der Waals surface area (Å²) < 4.78 is 0.401. The van der Waals surface area contributed by atoms with Crippen molar-refractivity contribution >= 4 is 35.1 Å². The van der Waals surface area contributed by atoms with Gasteiger partial charge in [0.25, 0.3) is 0 Å². The molecule has 183 valence electrons. The molecule has 0 spiro atoms. The molecule has 2 aliphatic carbocycles. The van der Waals surface area contributed by atoms with E-state index in [4.69, 9.17) is 17.0 Å². The van der Waals surface area contributed by atoms with Gasteiger partial charge in [-0.15, -0.1) is 0 Å². The molecule has 0 aliphatic heterocycles. The van der Waals surface area contributed by atoms with Crippen LogP contribution in [0.3, 0.4) is 0 Å². The molecule has 0 amide bonds. The zero-order valence-corrected chi connectivity index (χ0v) is 27.3. The van der Waals surface area contributed by atoms with Crippen molar-refractivity contribution in [3.63, 3.8) is 0 Å². The second kappa shape index (κ2) is 9.48. The second-order valence-electron chi connectivity index (χ2n) is 12.1. The van der Waals surface area contributed by atoms with Crippen molar-refractivity contribution in [3.05, 3.63) is 80.9 Å². The van der Waals surface area contributed by atoms with Crippen molar-refractivity contribution in [1.29, 1.82) is 0 Å². The summed E-state index contributed by atoms with van der Waals surface area (Å²) in [6.07, 6.45) is 7.04. The van der Waals surface area contributed by atoms with Gasteiger partial charge < -0.3 is 0 Å². The molecule has 4 rings (SSSR count). The van der Waals surface area contributed by atoms with Crippen LogP contribution in [0.5, 0.6) is 0 Å². The summed E-state index contributed by atoms with van der Waals surface area (Å²) in [6.45, 7) is 18.7. The molecule has 0 N–H and O–H groups in total. The average Bonchev–Trinajstić information content (AvgIpc) is 3.25. The first-order valence-electron chi connectivity index (χ1n) is 13.0. The van der Waals surface area contributed by atoms with Crippen molar-refractivity contribution in [2.75, 3.05) is 0 Å². The summed E-state index contributed by atoms with van der Waals surface area (Å²) in [4.78, 5) is 0. The van der Waals surface area contributed by atoms with E-state index >= 15 is 0 Å². The molecule has 0 bridgehead atoms. The Morgan fingerprint density at radius 2 is 1.12 bits per heavy atom. The summed E-state index contributed by atoms with van der Waals surface area (Å²) in [7, 11) is 16.5. The van der Waals surface area contributed by atoms with E-state index in [0.717, 1.165) is 12.8 Å². The summed E-state index contributed by atoms with van der Waals surface area (Å²) >= 11 is -4.48. The van der Waals surface area contributed by atoms with Crippen molar-refractivity contribution in [3.8, 4) is 0 Å². The van der Waals surface area contributed by atoms with Gasteiger partial charge in [0.15, 0.2) is 0 Å². The fraction of sp³-hybridized carbons (Fsp3) is 0.467. The Hall–Kier alpha value is -0.400. The molecule has 2 atom stereocenters. The van der Waals surface area contributed by atoms with E-state index in [0.29, 0.717) is 11.8 Å². The first-order chi connectivity index (χ1) is 15.9. The molecule has 4 heteroatoms. The van der Waals surface area contributed by atoms with Gasteiger partial charge >= 0.3 is 218 Å². The van der Waals surface area contributed by atoms with Gasteiger partial charge in [0.1, 0.15) is 0 Å². The van der Waals surface area contributed by atoms with Crippen LogP contribution >= 0.6 is 17.0 Å². The Morgan fingerprint density at radius 3 is 1.44 bits per heavy atom.